The smallest absolute Gasteiger partial charge is 0.274 e. The molecule has 1 heterocycles. The fraction of sp³-hybridized carbons (Fsp3) is 0.444. The molecule has 0 saturated carbocycles. The van der Waals surface area contributed by atoms with E-state index in [1.807, 2.05) is 19.9 Å². The molecule has 1 amide bonds. The number of hydrogen-bond donors (Lipinski definition) is 1. The molecular formula is C18H22FN3O2. The molecule has 5 nitrogen and oxygen atoms in total. The molecule has 0 radical (unpaired) electrons. The zero-order valence-corrected chi connectivity index (χ0v) is 14.0. The Kier molecular flexibility index (Phi) is 4.66. The van der Waals surface area contributed by atoms with Gasteiger partial charge in [0.25, 0.3) is 5.91 Å². The molecule has 1 aromatic carbocycles. The second-order valence-corrected chi connectivity index (χ2v) is 6.10. The Hall–Kier alpha value is -2.21. The highest BCUT2D eigenvalue weighted by molar-refractivity contribution is 5.94. The summed E-state index contributed by atoms with van der Waals surface area (Å²) >= 11 is 0. The Morgan fingerprint density at radius 2 is 2.21 bits per heavy atom. The molecule has 6 heteroatoms. The highest BCUT2D eigenvalue weighted by Crippen LogP contribution is 2.29. The molecule has 0 unspecified atom stereocenters. The number of aromatic nitrogens is 2. The van der Waals surface area contributed by atoms with Gasteiger partial charge >= 0.3 is 0 Å². The second kappa shape index (κ2) is 6.73. The number of benzene rings is 1. The molecule has 128 valence electrons. The number of fused-ring (bicyclic) bond motifs is 1. The van der Waals surface area contributed by atoms with E-state index in [4.69, 9.17) is 5.11 Å². The van der Waals surface area contributed by atoms with Gasteiger partial charge in [-0.05, 0) is 50.8 Å². The SMILES string of the molecule is CCN(CCO)C(=O)c1nn(-c2ccc(C)cc2F)c2c1CCC2. The molecule has 0 atom stereocenters. The van der Waals surface area contributed by atoms with Gasteiger partial charge < -0.3 is 10.0 Å². The lowest BCUT2D eigenvalue weighted by Gasteiger charge is -2.18. The standard InChI is InChI=1S/C18H22FN3O2/c1-3-21(9-10-23)18(24)17-13-5-4-6-15(13)22(20-17)16-8-7-12(2)11-14(16)19/h7-8,11,23H,3-6,9-10H2,1-2H3. The van der Waals surface area contributed by atoms with Crippen LogP contribution in [0.4, 0.5) is 4.39 Å². The molecule has 2 aromatic rings. The molecule has 1 aliphatic carbocycles. The number of rotatable bonds is 5. The van der Waals surface area contributed by atoms with Gasteiger partial charge in [0.2, 0.25) is 0 Å². The van der Waals surface area contributed by atoms with E-state index in [1.54, 1.807) is 15.6 Å². The summed E-state index contributed by atoms with van der Waals surface area (Å²) in [5.41, 5.74) is 3.44. The van der Waals surface area contributed by atoms with E-state index in [-0.39, 0.29) is 24.9 Å². The summed E-state index contributed by atoms with van der Waals surface area (Å²) in [5.74, 6) is -0.537. The first-order valence-corrected chi connectivity index (χ1v) is 8.34. The number of likely N-dealkylation sites (N-methyl/N-ethyl adjacent to an activating group) is 1. The number of aryl methyl sites for hydroxylation is 1. The van der Waals surface area contributed by atoms with Gasteiger partial charge in [-0.25, -0.2) is 9.07 Å². The number of aliphatic hydroxyl groups excluding tert-OH is 1. The van der Waals surface area contributed by atoms with E-state index >= 15 is 0 Å². The number of halogens is 1. The van der Waals surface area contributed by atoms with Crippen LogP contribution in [0.2, 0.25) is 0 Å². The Balaban J connectivity index is 2.06. The Morgan fingerprint density at radius 1 is 1.42 bits per heavy atom. The average molecular weight is 331 g/mol. The van der Waals surface area contributed by atoms with Crippen LogP contribution in [0.1, 0.15) is 40.7 Å². The van der Waals surface area contributed by atoms with E-state index in [2.05, 4.69) is 5.10 Å². The number of hydrogen-bond acceptors (Lipinski definition) is 3. The van der Waals surface area contributed by atoms with Crippen molar-refractivity contribution in [2.75, 3.05) is 19.7 Å². The number of aliphatic hydroxyl groups is 1. The van der Waals surface area contributed by atoms with Crippen LogP contribution >= 0.6 is 0 Å². The Morgan fingerprint density at radius 3 is 2.88 bits per heavy atom. The average Bonchev–Trinajstić information content (AvgIpc) is 3.15. The molecular weight excluding hydrogens is 309 g/mol. The third-order valence-corrected chi connectivity index (χ3v) is 4.50. The number of nitrogens with zero attached hydrogens (tertiary/aromatic N) is 3. The highest BCUT2D eigenvalue weighted by atomic mass is 19.1. The molecule has 0 aliphatic heterocycles. The molecule has 1 aromatic heterocycles. The summed E-state index contributed by atoms with van der Waals surface area (Å²) in [6.45, 7) is 4.39. The van der Waals surface area contributed by atoms with Gasteiger partial charge in [0, 0.05) is 24.3 Å². The molecule has 0 spiro atoms. The second-order valence-electron chi connectivity index (χ2n) is 6.10. The fourth-order valence-corrected chi connectivity index (χ4v) is 3.27. The van der Waals surface area contributed by atoms with Gasteiger partial charge in [-0.3, -0.25) is 4.79 Å². The van der Waals surface area contributed by atoms with E-state index in [1.165, 1.54) is 6.07 Å². The number of carbonyl (C=O) groups excluding carboxylic acids is 1. The van der Waals surface area contributed by atoms with Crippen molar-refractivity contribution in [1.82, 2.24) is 14.7 Å². The van der Waals surface area contributed by atoms with Crippen LogP contribution in [0.25, 0.3) is 5.69 Å². The number of carbonyl (C=O) groups is 1. The highest BCUT2D eigenvalue weighted by Gasteiger charge is 2.29. The number of amides is 1. The van der Waals surface area contributed by atoms with Crippen molar-refractivity contribution in [2.24, 2.45) is 0 Å². The van der Waals surface area contributed by atoms with E-state index in [0.29, 0.717) is 17.9 Å². The Bertz CT molecular complexity index is 770. The van der Waals surface area contributed by atoms with Crippen molar-refractivity contribution >= 4 is 5.91 Å². The first-order valence-electron chi connectivity index (χ1n) is 8.34. The maximum atomic E-state index is 14.4. The zero-order chi connectivity index (χ0) is 17.3. The maximum absolute atomic E-state index is 14.4. The van der Waals surface area contributed by atoms with Crippen molar-refractivity contribution in [2.45, 2.75) is 33.1 Å². The van der Waals surface area contributed by atoms with Crippen molar-refractivity contribution in [3.63, 3.8) is 0 Å². The predicted molar refractivity (Wildman–Crippen MR) is 88.9 cm³/mol. The van der Waals surface area contributed by atoms with Crippen molar-refractivity contribution in [3.8, 4) is 5.69 Å². The zero-order valence-electron chi connectivity index (χ0n) is 14.0. The van der Waals surface area contributed by atoms with Gasteiger partial charge in [0.15, 0.2) is 5.69 Å². The third-order valence-electron chi connectivity index (χ3n) is 4.50. The normalized spacial score (nSPS) is 13.2. The van der Waals surface area contributed by atoms with Gasteiger partial charge in [0.1, 0.15) is 11.5 Å². The van der Waals surface area contributed by atoms with Crippen molar-refractivity contribution in [3.05, 3.63) is 46.5 Å². The predicted octanol–water partition coefficient (Wildman–Crippen LogP) is 2.26. The molecule has 0 fully saturated rings. The first kappa shape index (κ1) is 16.6. The van der Waals surface area contributed by atoms with Crippen molar-refractivity contribution in [1.29, 1.82) is 0 Å². The first-order chi connectivity index (χ1) is 11.6. The van der Waals surface area contributed by atoms with Crippen LogP contribution in [-0.4, -0.2) is 45.4 Å². The van der Waals surface area contributed by atoms with Gasteiger partial charge in [-0.2, -0.15) is 5.10 Å². The minimum Gasteiger partial charge on any atom is -0.395 e. The van der Waals surface area contributed by atoms with E-state index < -0.39 is 0 Å². The summed E-state index contributed by atoms with van der Waals surface area (Å²) in [4.78, 5) is 14.3. The lowest BCUT2D eigenvalue weighted by atomic mass is 10.1. The lowest BCUT2D eigenvalue weighted by molar-refractivity contribution is 0.0724. The monoisotopic (exact) mass is 331 g/mol. The fourth-order valence-electron chi connectivity index (χ4n) is 3.27. The summed E-state index contributed by atoms with van der Waals surface area (Å²) in [6, 6.07) is 5.02. The molecule has 0 saturated heterocycles. The molecule has 0 bridgehead atoms. The minimum absolute atomic E-state index is 0.0882. The summed E-state index contributed by atoms with van der Waals surface area (Å²) < 4.78 is 16.0. The van der Waals surface area contributed by atoms with Gasteiger partial charge in [-0.15, -0.1) is 0 Å². The molecule has 1 aliphatic rings. The quantitative estimate of drug-likeness (QED) is 0.914. The van der Waals surface area contributed by atoms with Crippen LogP contribution in [0, 0.1) is 12.7 Å². The molecule has 1 N–H and O–H groups in total. The Labute approximate surface area is 140 Å². The topological polar surface area (TPSA) is 58.4 Å². The van der Waals surface area contributed by atoms with E-state index in [9.17, 15) is 9.18 Å². The van der Waals surface area contributed by atoms with Gasteiger partial charge in [0.05, 0.1) is 6.61 Å². The maximum Gasteiger partial charge on any atom is 0.274 e. The summed E-state index contributed by atoms with van der Waals surface area (Å²) in [5, 5.41) is 13.6. The van der Waals surface area contributed by atoms with Crippen LogP contribution in [0.15, 0.2) is 18.2 Å². The summed E-state index contributed by atoms with van der Waals surface area (Å²) in [7, 11) is 0. The van der Waals surface area contributed by atoms with Gasteiger partial charge in [-0.1, -0.05) is 6.07 Å². The minimum atomic E-state index is -0.339. The summed E-state index contributed by atoms with van der Waals surface area (Å²) in [6.07, 6.45) is 2.50. The lowest BCUT2D eigenvalue weighted by Crippen LogP contribution is -2.34. The van der Waals surface area contributed by atoms with Crippen LogP contribution in [0.5, 0.6) is 0 Å². The van der Waals surface area contributed by atoms with Crippen LogP contribution in [0.3, 0.4) is 0 Å². The third kappa shape index (κ3) is 2.82. The largest absolute Gasteiger partial charge is 0.395 e. The van der Waals surface area contributed by atoms with Crippen LogP contribution < -0.4 is 0 Å². The van der Waals surface area contributed by atoms with Crippen LogP contribution in [-0.2, 0) is 12.8 Å². The van der Waals surface area contributed by atoms with Crippen molar-refractivity contribution < 1.29 is 14.3 Å². The molecule has 3 rings (SSSR count). The van der Waals surface area contributed by atoms with E-state index in [0.717, 1.165) is 36.1 Å². The molecule has 24 heavy (non-hydrogen) atoms.